The number of ether oxygens (including phenoxy) is 1. The fourth-order valence-corrected chi connectivity index (χ4v) is 3.00. The van der Waals surface area contributed by atoms with E-state index in [9.17, 15) is 4.79 Å². The van der Waals surface area contributed by atoms with Crippen molar-refractivity contribution in [3.8, 4) is 0 Å². The molecule has 2 atom stereocenters. The summed E-state index contributed by atoms with van der Waals surface area (Å²) in [6.45, 7) is 5.69. The molecule has 1 aliphatic rings. The first kappa shape index (κ1) is 13.1. The third-order valence-electron chi connectivity index (χ3n) is 4.17. The lowest BCUT2D eigenvalue weighted by Gasteiger charge is -2.21. The van der Waals surface area contributed by atoms with Gasteiger partial charge in [0.25, 0.3) is 0 Å². The molecule has 0 aliphatic carbocycles. The minimum absolute atomic E-state index is 0.256. The smallest absolute Gasteiger partial charge is 0.335 e. The first-order valence-electron chi connectivity index (χ1n) is 6.87. The highest BCUT2D eigenvalue weighted by Crippen LogP contribution is 2.30. The van der Waals surface area contributed by atoms with Crippen LogP contribution >= 0.6 is 0 Å². The summed E-state index contributed by atoms with van der Waals surface area (Å²) in [6, 6.07) is 5.35. The quantitative estimate of drug-likeness (QED) is 0.934. The van der Waals surface area contributed by atoms with E-state index in [1.165, 1.54) is 0 Å². The lowest BCUT2D eigenvalue weighted by atomic mass is 10.00. The first-order valence-corrected chi connectivity index (χ1v) is 6.87. The Balaban J connectivity index is 2.10. The monoisotopic (exact) mass is 274 g/mol. The third-order valence-corrected chi connectivity index (χ3v) is 4.17. The molecule has 1 N–H and O–H groups in total. The Hall–Kier alpha value is -1.88. The van der Waals surface area contributed by atoms with Crippen molar-refractivity contribution in [1.29, 1.82) is 0 Å². The number of aryl methyl sites for hydroxylation is 1. The van der Waals surface area contributed by atoms with Crippen molar-refractivity contribution in [2.45, 2.75) is 26.3 Å². The molecule has 20 heavy (non-hydrogen) atoms. The van der Waals surface area contributed by atoms with Gasteiger partial charge in [-0.25, -0.2) is 9.78 Å². The van der Waals surface area contributed by atoms with Crippen LogP contribution < -0.4 is 0 Å². The van der Waals surface area contributed by atoms with Gasteiger partial charge < -0.3 is 14.4 Å². The largest absolute Gasteiger partial charge is 0.478 e. The molecule has 2 unspecified atom stereocenters. The highest BCUT2D eigenvalue weighted by molar-refractivity contribution is 5.92. The number of carboxylic acid groups (broad SMARTS) is 1. The molecule has 0 saturated carbocycles. The number of benzene rings is 1. The van der Waals surface area contributed by atoms with Crippen LogP contribution in [0.4, 0.5) is 0 Å². The molecular formula is C15H18N2O3. The molecule has 2 aromatic rings. The molecule has 106 valence electrons. The molecular weight excluding hydrogens is 256 g/mol. The number of carboxylic acids is 1. The Bertz CT molecular complexity index is 656. The molecule has 0 amide bonds. The summed E-state index contributed by atoms with van der Waals surface area (Å²) in [5.74, 6) is 0.468. The van der Waals surface area contributed by atoms with E-state index >= 15 is 0 Å². The molecule has 2 heterocycles. The molecule has 1 saturated heterocycles. The molecule has 3 rings (SSSR count). The lowest BCUT2D eigenvalue weighted by molar-refractivity contribution is 0.0697. The van der Waals surface area contributed by atoms with Gasteiger partial charge in [-0.1, -0.05) is 0 Å². The first-order chi connectivity index (χ1) is 9.58. The fourth-order valence-electron chi connectivity index (χ4n) is 3.00. The van der Waals surface area contributed by atoms with Crippen LogP contribution in [0.1, 0.15) is 35.6 Å². The molecule has 5 heteroatoms. The van der Waals surface area contributed by atoms with Crippen molar-refractivity contribution in [3.05, 3.63) is 29.6 Å². The minimum Gasteiger partial charge on any atom is -0.478 e. The second-order valence-corrected chi connectivity index (χ2v) is 5.40. The standard InChI is InChI=1S/C15H18N2O3/c1-9(12-5-6-20-8-12)17-10(2)16-13-4-3-11(15(18)19)7-14(13)17/h3-4,7,9,12H,5-6,8H2,1-2H3,(H,18,19). The Kier molecular flexibility index (Phi) is 3.22. The van der Waals surface area contributed by atoms with Gasteiger partial charge >= 0.3 is 5.97 Å². The number of aromatic nitrogens is 2. The van der Waals surface area contributed by atoms with Crippen LogP contribution in [-0.4, -0.2) is 33.8 Å². The zero-order chi connectivity index (χ0) is 14.3. The van der Waals surface area contributed by atoms with Gasteiger partial charge in [-0.3, -0.25) is 0 Å². The summed E-state index contributed by atoms with van der Waals surface area (Å²) in [4.78, 5) is 15.7. The summed E-state index contributed by atoms with van der Waals surface area (Å²) in [5, 5.41) is 9.14. The predicted molar refractivity (Wildman–Crippen MR) is 75.1 cm³/mol. The van der Waals surface area contributed by atoms with Gasteiger partial charge in [0.1, 0.15) is 5.82 Å². The molecule has 1 aliphatic heterocycles. The van der Waals surface area contributed by atoms with Crippen LogP contribution in [0.3, 0.4) is 0 Å². The van der Waals surface area contributed by atoms with Crippen LogP contribution in [0, 0.1) is 12.8 Å². The zero-order valence-corrected chi connectivity index (χ0v) is 11.7. The summed E-state index contributed by atoms with van der Waals surface area (Å²) in [5.41, 5.74) is 2.04. The number of rotatable bonds is 3. The van der Waals surface area contributed by atoms with Gasteiger partial charge in [-0.05, 0) is 38.5 Å². The summed E-state index contributed by atoms with van der Waals surface area (Å²) in [7, 11) is 0. The van der Waals surface area contributed by atoms with Crippen LogP contribution in [0.25, 0.3) is 11.0 Å². The maximum absolute atomic E-state index is 11.1. The number of aromatic carboxylic acids is 1. The van der Waals surface area contributed by atoms with E-state index in [1.54, 1.807) is 18.2 Å². The molecule has 5 nitrogen and oxygen atoms in total. The highest BCUT2D eigenvalue weighted by Gasteiger charge is 2.26. The number of hydrogen-bond acceptors (Lipinski definition) is 3. The maximum atomic E-state index is 11.1. The predicted octanol–water partition coefficient (Wildman–Crippen LogP) is 2.64. The van der Waals surface area contributed by atoms with Gasteiger partial charge in [0, 0.05) is 18.6 Å². The van der Waals surface area contributed by atoms with E-state index in [-0.39, 0.29) is 6.04 Å². The number of nitrogens with zero attached hydrogens (tertiary/aromatic N) is 2. The van der Waals surface area contributed by atoms with Gasteiger partial charge in [0.15, 0.2) is 0 Å². The molecule has 1 fully saturated rings. The Morgan fingerprint density at radius 3 is 3.00 bits per heavy atom. The number of carbonyl (C=O) groups is 1. The average molecular weight is 274 g/mol. The van der Waals surface area contributed by atoms with Gasteiger partial charge in [0.05, 0.1) is 23.2 Å². The lowest BCUT2D eigenvalue weighted by Crippen LogP contribution is -2.18. The van der Waals surface area contributed by atoms with Gasteiger partial charge in [0.2, 0.25) is 0 Å². The normalized spacial score (nSPS) is 20.4. The fraction of sp³-hybridized carbons (Fsp3) is 0.467. The topological polar surface area (TPSA) is 64.3 Å². The highest BCUT2D eigenvalue weighted by atomic mass is 16.5. The van der Waals surface area contributed by atoms with E-state index in [0.717, 1.165) is 36.5 Å². The zero-order valence-electron chi connectivity index (χ0n) is 11.7. The molecule has 1 aromatic heterocycles. The van der Waals surface area contributed by atoms with Gasteiger partial charge in [-0.15, -0.1) is 0 Å². The van der Waals surface area contributed by atoms with E-state index < -0.39 is 5.97 Å². The minimum atomic E-state index is -0.908. The number of imidazole rings is 1. The maximum Gasteiger partial charge on any atom is 0.335 e. The van der Waals surface area contributed by atoms with Crippen molar-refractivity contribution in [2.24, 2.45) is 5.92 Å². The SMILES string of the molecule is Cc1nc2ccc(C(=O)O)cc2n1C(C)C1CCOC1. The van der Waals surface area contributed by atoms with E-state index in [1.807, 2.05) is 6.92 Å². The van der Waals surface area contributed by atoms with Crippen molar-refractivity contribution in [2.75, 3.05) is 13.2 Å². The van der Waals surface area contributed by atoms with Crippen LogP contribution in [-0.2, 0) is 4.74 Å². The van der Waals surface area contributed by atoms with E-state index in [4.69, 9.17) is 9.84 Å². The summed E-state index contributed by atoms with van der Waals surface area (Å²) >= 11 is 0. The van der Waals surface area contributed by atoms with Crippen LogP contribution in [0.2, 0.25) is 0 Å². The van der Waals surface area contributed by atoms with Gasteiger partial charge in [-0.2, -0.15) is 0 Å². The Morgan fingerprint density at radius 1 is 1.55 bits per heavy atom. The second kappa shape index (κ2) is 4.90. The van der Waals surface area contributed by atoms with Crippen molar-refractivity contribution >= 4 is 17.0 Å². The van der Waals surface area contributed by atoms with Crippen molar-refractivity contribution in [3.63, 3.8) is 0 Å². The third kappa shape index (κ3) is 2.08. The average Bonchev–Trinajstić information content (AvgIpc) is 3.03. The number of fused-ring (bicyclic) bond motifs is 1. The van der Waals surface area contributed by atoms with Crippen molar-refractivity contribution in [1.82, 2.24) is 9.55 Å². The van der Waals surface area contributed by atoms with Crippen LogP contribution in [0.5, 0.6) is 0 Å². The summed E-state index contributed by atoms with van der Waals surface area (Å²) < 4.78 is 7.60. The van der Waals surface area contributed by atoms with Crippen molar-refractivity contribution < 1.29 is 14.6 Å². The van der Waals surface area contributed by atoms with E-state index in [0.29, 0.717) is 11.5 Å². The second-order valence-electron chi connectivity index (χ2n) is 5.40. The molecule has 0 spiro atoms. The number of hydrogen-bond donors (Lipinski definition) is 1. The molecule has 0 radical (unpaired) electrons. The Labute approximate surface area is 117 Å². The summed E-state index contributed by atoms with van der Waals surface area (Å²) in [6.07, 6.45) is 1.04. The van der Waals surface area contributed by atoms with E-state index in [2.05, 4.69) is 16.5 Å². The molecule has 0 bridgehead atoms. The Morgan fingerprint density at radius 2 is 2.35 bits per heavy atom. The van der Waals surface area contributed by atoms with Crippen LogP contribution in [0.15, 0.2) is 18.2 Å². The molecule has 1 aromatic carbocycles.